The van der Waals surface area contributed by atoms with Gasteiger partial charge in [0.15, 0.2) is 0 Å². The van der Waals surface area contributed by atoms with Gasteiger partial charge in [-0.05, 0) is 53.9 Å². The average molecular weight is 414 g/mol. The van der Waals surface area contributed by atoms with Gasteiger partial charge in [-0.2, -0.15) is 0 Å². The van der Waals surface area contributed by atoms with Gasteiger partial charge in [0.1, 0.15) is 0 Å². The highest BCUT2D eigenvalue weighted by Gasteiger charge is 2.27. The number of carbonyl (C=O) groups excluding carboxylic acids is 2. The predicted octanol–water partition coefficient (Wildman–Crippen LogP) is 4.66. The average Bonchev–Trinajstić information content (AvgIpc) is 3.30. The Morgan fingerprint density at radius 2 is 1.55 bits per heavy atom. The maximum Gasteiger partial charge on any atom is 0.255 e. The highest BCUT2D eigenvalue weighted by atomic mass is 16.2. The molecule has 1 atom stereocenters. The molecule has 5 nitrogen and oxygen atoms in total. The van der Waals surface area contributed by atoms with E-state index in [2.05, 4.69) is 22.3 Å². The lowest BCUT2D eigenvalue weighted by Crippen LogP contribution is -2.37. The largest absolute Gasteiger partial charge is 0.369 e. The minimum absolute atomic E-state index is 0.0988. The van der Waals surface area contributed by atoms with Crippen molar-refractivity contribution in [3.8, 4) is 11.1 Å². The first kappa shape index (κ1) is 20.7. The van der Waals surface area contributed by atoms with E-state index in [9.17, 15) is 9.59 Å². The van der Waals surface area contributed by atoms with Crippen molar-refractivity contribution in [3.05, 3.63) is 84.4 Å². The summed E-state index contributed by atoms with van der Waals surface area (Å²) >= 11 is 0. The van der Waals surface area contributed by atoms with Crippen LogP contribution in [0, 0.1) is 0 Å². The molecule has 1 heterocycles. The minimum atomic E-state index is -0.128. The quantitative estimate of drug-likeness (QED) is 0.662. The summed E-state index contributed by atoms with van der Waals surface area (Å²) in [6, 6.07) is 25.9. The standard InChI is InChI=1S/C26H27N3O2/c1-19(30)28(2)25-16-17-29(18-25)24-14-12-23(13-15-24)27-26(31)22-10-8-21(9-11-22)20-6-4-3-5-7-20/h3-15,25H,16-18H2,1-2H3,(H,27,31). The van der Waals surface area contributed by atoms with E-state index >= 15 is 0 Å². The van der Waals surface area contributed by atoms with E-state index in [1.54, 1.807) is 6.92 Å². The van der Waals surface area contributed by atoms with Crippen LogP contribution in [0.5, 0.6) is 0 Å². The Kier molecular flexibility index (Phi) is 6.03. The van der Waals surface area contributed by atoms with Crippen LogP contribution in [-0.2, 0) is 4.79 Å². The normalized spacial score (nSPS) is 15.5. The van der Waals surface area contributed by atoms with Crippen molar-refractivity contribution >= 4 is 23.2 Å². The summed E-state index contributed by atoms with van der Waals surface area (Å²) in [4.78, 5) is 28.3. The maximum atomic E-state index is 12.6. The zero-order valence-electron chi connectivity index (χ0n) is 17.9. The van der Waals surface area contributed by atoms with Crippen molar-refractivity contribution in [3.63, 3.8) is 0 Å². The molecule has 0 aliphatic carbocycles. The summed E-state index contributed by atoms with van der Waals surface area (Å²) in [6.45, 7) is 3.35. The predicted molar refractivity (Wildman–Crippen MR) is 125 cm³/mol. The SMILES string of the molecule is CC(=O)N(C)C1CCN(c2ccc(NC(=O)c3ccc(-c4ccccc4)cc3)cc2)C1. The molecule has 31 heavy (non-hydrogen) atoms. The molecule has 0 saturated carbocycles. The van der Waals surface area contributed by atoms with Crippen LogP contribution >= 0.6 is 0 Å². The fraction of sp³-hybridized carbons (Fsp3) is 0.231. The van der Waals surface area contributed by atoms with Gasteiger partial charge < -0.3 is 15.1 Å². The summed E-state index contributed by atoms with van der Waals surface area (Å²) < 4.78 is 0. The Labute approximate surface area is 183 Å². The zero-order chi connectivity index (χ0) is 21.8. The Bertz CT molecular complexity index is 1050. The van der Waals surface area contributed by atoms with Crippen molar-refractivity contribution in [2.24, 2.45) is 0 Å². The van der Waals surface area contributed by atoms with Gasteiger partial charge in [-0.15, -0.1) is 0 Å². The van der Waals surface area contributed by atoms with Crippen molar-refractivity contribution in [1.82, 2.24) is 4.90 Å². The van der Waals surface area contributed by atoms with Crippen molar-refractivity contribution < 1.29 is 9.59 Å². The summed E-state index contributed by atoms with van der Waals surface area (Å²) in [6.07, 6.45) is 0.966. The lowest BCUT2D eigenvalue weighted by molar-refractivity contribution is -0.129. The van der Waals surface area contributed by atoms with Crippen LogP contribution in [-0.4, -0.2) is 42.9 Å². The Balaban J connectivity index is 1.37. The van der Waals surface area contributed by atoms with E-state index in [-0.39, 0.29) is 17.9 Å². The highest BCUT2D eigenvalue weighted by molar-refractivity contribution is 6.04. The summed E-state index contributed by atoms with van der Waals surface area (Å²) in [5.41, 5.74) is 4.70. The molecule has 1 N–H and O–H groups in total. The van der Waals surface area contributed by atoms with Crippen LogP contribution in [0.2, 0.25) is 0 Å². The Morgan fingerprint density at radius 1 is 0.903 bits per heavy atom. The van der Waals surface area contributed by atoms with Crippen LogP contribution in [0.15, 0.2) is 78.9 Å². The monoisotopic (exact) mass is 413 g/mol. The number of benzene rings is 3. The van der Waals surface area contributed by atoms with Gasteiger partial charge in [-0.3, -0.25) is 9.59 Å². The molecular formula is C26H27N3O2. The Morgan fingerprint density at radius 3 is 2.19 bits per heavy atom. The van der Waals surface area contributed by atoms with E-state index in [4.69, 9.17) is 0 Å². The molecule has 158 valence electrons. The first-order chi connectivity index (χ1) is 15.0. The van der Waals surface area contributed by atoms with Gasteiger partial charge in [0.05, 0.1) is 6.04 Å². The molecule has 3 aromatic rings. The molecule has 1 saturated heterocycles. The molecule has 0 radical (unpaired) electrons. The van der Waals surface area contributed by atoms with Crippen molar-refractivity contribution in [2.45, 2.75) is 19.4 Å². The van der Waals surface area contributed by atoms with Gasteiger partial charge in [0.2, 0.25) is 5.91 Å². The lowest BCUT2D eigenvalue weighted by atomic mass is 10.0. The molecule has 0 spiro atoms. The number of nitrogens with one attached hydrogen (secondary N) is 1. The van der Waals surface area contributed by atoms with Crippen LogP contribution in [0.25, 0.3) is 11.1 Å². The molecular weight excluding hydrogens is 386 g/mol. The second kappa shape index (κ2) is 9.04. The van der Waals surface area contributed by atoms with Gasteiger partial charge in [-0.1, -0.05) is 42.5 Å². The summed E-state index contributed by atoms with van der Waals surface area (Å²) in [5, 5.41) is 2.97. The molecule has 1 fully saturated rings. The third-order valence-corrected chi connectivity index (χ3v) is 5.95. The van der Waals surface area contributed by atoms with E-state index < -0.39 is 0 Å². The fourth-order valence-corrected chi connectivity index (χ4v) is 3.95. The van der Waals surface area contributed by atoms with E-state index in [1.165, 1.54) is 0 Å². The third-order valence-electron chi connectivity index (χ3n) is 5.95. The summed E-state index contributed by atoms with van der Waals surface area (Å²) in [5.74, 6) is -0.0293. The maximum absolute atomic E-state index is 12.6. The number of carbonyl (C=O) groups is 2. The van der Waals surface area contributed by atoms with Crippen LogP contribution in [0.1, 0.15) is 23.7 Å². The second-order valence-electron chi connectivity index (χ2n) is 7.96. The number of anilines is 2. The highest BCUT2D eigenvalue weighted by Crippen LogP contribution is 2.25. The van der Waals surface area contributed by atoms with Crippen LogP contribution in [0.3, 0.4) is 0 Å². The second-order valence-corrected chi connectivity index (χ2v) is 7.96. The number of hydrogen-bond donors (Lipinski definition) is 1. The number of rotatable bonds is 5. The Hall–Kier alpha value is -3.60. The van der Waals surface area contributed by atoms with E-state index in [0.717, 1.165) is 42.0 Å². The first-order valence-electron chi connectivity index (χ1n) is 10.6. The minimum Gasteiger partial charge on any atom is -0.369 e. The molecule has 0 aromatic heterocycles. The molecule has 3 aromatic carbocycles. The number of likely N-dealkylation sites (N-methyl/N-ethyl adjacent to an activating group) is 1. The van der Waals surface area contributed by atoms with Crippen LogP contribution in [0.4, 0.5) is 11.4 Å². The van der Waals surface area contributed by atoms with Gasteiger partial charge >= 0.3 is 0 Å². The van der Waals surface area contributed by atoms with Gasteiger partial charge in [0.25, 0.3) is 5.91 Å². The number of nitrogens with zero attached hydrogens (tertiary/aromatic N) is 2. The van der Waals surface area contributed by atoms with E-state index in [0.29, 0.717) is 5.56 Å². The van der Waals surface area contributed by atoms with Crippen molar-refractivity contribution in [2.75, 3.05) is 30.4 Å². The van der Waals surface area contributed by atoms with Gasteiger partial charge in [0, 0.05) is 44.0 Å². The summed E-state index contributed by atoms with van der Waals surface area (Å²) in [7, 11) is 1.86. The molecule has 4 rings (SSSR count). The lowest BCUT2D eigenvalue weighted by Gasteiger charge is -2.24. The van der Waals surface area contributed by atoms with E-state index in [1.807, 2.05) is 78.7 Å². The topological polar surface area (TPSA) is 52.7 Å². The fourth-order valence-electron chi connectivity index (χ4n) is 3.95. The van der Waals surface area contributed by atoms with Crippen LogP contribution < -0.4 is 10.2 Å². The smallest absolute Gasteiger partial charge is 0.255 e. The first-order valence-corrected chi connectivity index (χ1v) is 10.6. The molecule has 1 unspecified atom stereocenters. The third kappa shape index (κ3) is 4.77. The molecule has 1 aliphatic rings. The van der Waals surface area contributed by atoms with Gasteiger partial charge in [-0.25, -0.2) is 0 Å². The number of hydrogen-bond acceptors (Lipinski definition) is 3. The zero-order valence-corrected chi connectivity index (χ0v) is 17.9. The molecule has 1 aliphatic heterocycles. The molecule has 2 amide bonds. The molecule has 5 heteroatoms. The number of amides is 2. The van der Waals surface area contributed by atoms with Crippen molar-refractivity contribution in [1.29, 1.82) is 0 Å². The molecule has 0 bridgehead atoms.